The number of anilines is 2. The van der Waals surface area contributed by atoms with Gasteiger partial charge in [-0.3, -0.25) is 0 Å². The number of nitrogen functional groups attached to an aromatic ring is 1. The van der Waals surface area contributed by atoms with Crippen LogP contribution in [-0.4, -0.2) is 29.7 Å². The molecule has 6 heteroatoms. The molecule has 108 valence electrons. The Kier molecular flexibility index (Phi) is 4.20. The van der Waals surface area contributed by atoms with Crippen LogP contribution in [0.25, 0.3) is 0 Å². The van der Waals surface area contributed by atoms with Crippen molar-refractivity contribution in [2.45, 2.75) is 46.3 Å². The van der Waals surface area contributed by atoms with Crippen molar-refractivity contribution in [3.63, 3.8) is 0 Å². The molecule has 2 rings (SSSR count). The van der Waals surface area contributed by atoms with Gasteiger partial charge < -0.3 is 20.5 Å². The summed E-state index contributed by atoms with van der Waals surface area (Å²) in [5.74, 6) is 1.15. The minimum Gasteiger partial charge on any atom is -0.487 e. The van der Waals surface area contributed by atoms with Gasteiger partial charge in [-0.2, -0.15) is 4.37 Å². The summed E-state index contributed by atoms with van der Waals surface area (Å²) < 4.78 is 15.4. The molecule has 1 saturated carbocycles. The summed E-state index contributed by atoms with van der Waals surface area (Å²) in [6, 6.07) is 0.364. The number of ether oxygens (including phenoxy) is 2. The van der Waals surface area contributed by atoms with E-state index < -0.39 is 0 Å². The van der Waals surface area contributed by atoms with Gasteiger partial charge in [0, 0.05) is 18.1 Å². The number of nitrogens with two attached hydrogens (primary N) is 1. The van der Waals surface area contributed by atoms with E-state index in [1.807, 2.05) is 13.8 Å². The summed E-state index contributed by atoms with van der Waals surface area (Å²) in [5.41, 5.74) is 5.92. The molecule has 0 aliphatic heterocycles. The Balaban J connectivity index is 2.03. The SMILES string of the molecule is CCOc1c(N)nsc1NC1CC(OCC)C1(C)C. The van der Waals surface area contributed by atoms with E-state index in [4.69, 9.17) is 15.2 Å². The highest BCUT2D eigenvalue weighted by atomic mass is 32.1. The van der Waals surface area contributed by atoms with E-state index in [1.165, 1.54) is 11.5 Å². The molecule has 1 fully saturated rings. The van der Waals surface area contributed by atoms with E-state index >= 15 is 0 Å². The van der Waals surface area contributed by atoms with Crippen LogP contribution in [0, 0.1) is 5.41 Å². The number of rotatable bonds is 6. The van der Waals surface area contributed by atoms with Gasteiger partial charge in [0.1, 0.15) is 0 Å². The average molecular weight is 285 g/mol. The molecule has 3 N–H and O–H groups in total. The van der Waals surface area contributed by atoms with E-state index in [1.54, 1.807) is 0 Å². The summed E-state index contributed by atoms with van der Waals surface area (Å²) in [6.45, 7) is 9.77. The van der Waals surface area contributed by atoms with Crippen LogP contribution >= 0.6 is 11.5 Å². The zero-order valence-corrected chi connectivity index (χ0v) is 12.8. The van der Waals surface area contributed by atoms with E-state index in [0.29, 0.717) is 30.3 Å². The Bertz CT molecular complexity index is 434. The molecule has 1 aromatic heterocycles. The number of aromatic nitrogens is 1. The largest absolute Gasteiger partial charge is 0.487 e. The highest BCUT2D eigenvalue weighted by molar-refractivity contribution is 7.11. The summed E-state index contributed by atoms with van der Waals surface area (Å²) in [4.78, 5) is 0. The van der Waals surface area contributed by atoms with Crippen molar-refractivity contribution in [1.29, 1.82) is 0 Å². The molecule has 0 amide bonds. The number of hydrogen-bond donors (Lipinski definition) is 2. The maximum absolute atomic E-state index is 5.81. The molecule has 1 aliphatic carbocycles. The Morgan fingerprint density at radius 1 is 1.42 bits per heavy atom. The van der Waals surface area contributed by atoms with Crippen molar-refractivity contribution >= 4 is 22.4 Å². The van der Waals surface area contributed by atoms with Crippen LogP contribution in [0.3, 0.4) is 0 Å². The zero-order chi connectivity index (χ0) is 14.0. The smallest absolute Gasteiger partial charge is 0.197 e. The monoisotopic (exact) mass is 285 g/mol. The lowest BCUT2D eigenvalue weighted by Crippen LogP contribution is -2.58. The third-order valence-electron chi connectivity index (χ3n) is 3.81. The topological polar surface area (TPSA) is 69.4 Å². The summed E-state index contributed by atoms with van der Waals surface area (Å²) in [5, 5.41) is 4.43. The normalized spacial score (nSPS) is 24.8. The maximum Gasteiger partial charge on any atom is 0.197 e. The fourth-order valence-corrected chi connectivity index (χ4v) is 3.16. The van der Waals surface area contributed by atoms with Crippen molar-refractivity contribution in [2.24, 2.45) is 5.41 Å². The molecule has 0 saturated heterocycles. The quantitative estimate of drug-likeness (QED) is 0.841. The lowest BCUT2D eigenvalue weighted by molar-refractivity contribution is -0.0975. The molecular weight excluding hydrogens is 262 g/mol. The van der Waals surface area contributed by atoms with Gasteiger partial charge in [0.05, 0.1) is 12.7 Å². The highest BCUT2D eigenvalue weighted by Gasteiger charge is 2.49. The second kappa shape index (κ2) is 5.54. The van der Waals surface area contributed by atoms with E-state index in [0.717, 1.165) is 18.0 Å². The minimum absolute atomic E-state index is 0.109. The van der Waals surface area contributed by atoms with E-state index in [2.05, 4.69) is 23.5 Å². The predicted molar refractivity (Wildman–Crippen MR) is 78.9 cm³/mol. The standard InChI is InChI=1S/C13H23N3O2S/c1-5-17-9-7-8(13(9,3)4)15-12-10(18-6-2)11(14)16-19-12/h8-9,15H,5-7H2,1-4H3,(H2,14,16). The van der Waals surface area contributed by atoms with Crippen LogP contribution in [0.2, 0.25) is 0 Å². The molecular formula is C13H23N3O2S. The maximum atomic E-state index is 5.81. The Labute approximate surface area is 118 Å². The third-order valence-corrected chi connectivity index (χ3v) is 4.59. The fraction of sp³-hybridized carbons (Fsp3) is 0.769. The Morgan fingerprint density at radius 3 is 2.74 bits per heavy atom. The molecule has 0 aromatic carbocycles. The van der Waals surface area contributed by atoms with Gasteiger partial charge in [0.2, 0.25) is 0 Å². The number of nitrogens with zero attached hydrogens (tertiary/aromatic N) is 1. The Morgan fingerprint density at radius 2 is 2.16 bits per heavy atom. The molecule has 1 aromatic rings. The van der Waals surface area contributed by atoms with Gasteiger partial charge in [-0.15, -0.1) is 0 Å². The molecule has 1 aliphatic rings. The van der Waals surface area contributed by atoms with E-state index in [-0.39, 0.29) is 5.41 Å². The number of nitrogens with one attached hydrogen (secondary N) is 1. The summed E-state index contributed by atoms with van der Waals surface area (Å²) >= 11 is 1.36. The molecule has 0 bridgehead atoms. The Hall–Kier alpha value is -1.01. The second-order valence-corrected chi connectivity index (χ2v) is 6.13. The van der Waals surface area contributed by atoms with Crippen molar-refractivity contribution in [3.8, 4) is 5.75 Å². The zero-order valence-electron chi connectivity index (χ0n) is 12.0. The fourth-order valence-electron chi connectivity index (χ4n) is 2.44. The van der Waals surface area contributed by atoms with Crippen LogP contribution in [0.4, 0.5) is 10.8 Å². The molecule has 2 unspecified atom stereocenters. The van der Waals surface area contributed by atoms with Crippen LogP contribution in [0.1, 0.15) is 34.1 Å². The van der Waals surface area contributed by atoms with Crippen LogP contribution < -0.4 is 15.8 Å². The number of hydrogen-bond acceptors (Lipinski definition) is 6. The molecule has 0 radical (unpaired) electrons. The highest BCUT2D eigenvalue weighted by Crippen LogP contribution is 2.46. The first-order valence-electron chi connectivity index (χ1n) is 6.76. The lowest BCUT2D eigenvalue weighted by atomic mass is 9.64. The lowest BCUT2D eigenvalue weighted by Gasteiger charge is -2.51. The van der Waals surface area contributed by atoms with Gasteiger partial charge in [0.15, 0.2) is 16.6 Å². The van der Waals surface area contributed by atoms with Crippen molar-refractivity contribution in [1.82, 2.24) is 4.37 Å². The molecule has 5 nitrogen and oxygen atoms in total. The van der Waals surface area contributed by atoms with Crippen molar-refractivity contribution in [2.75, 3.05) is 24.3 Å². The van der Waals surface area contributed by atoms with E-state index in [9.17, 15) is 0 Å². The first-order chi connectivity index (χ1) is 9.00. The van der Waals surface area contributed by atoms with Crippen LogP contribution in [-0.2, 0) is 4.74 Å². The molecule has 2 atom stereocenters. The van der Waals surface area contributed by atoms with Gasteiger partial charge >= 0.3 is 0 Å². The molecule has 1 heterocycles. The van der Waals surface area contributed by atoms with Gasteiger partial charge in [-0.1, -0.05) is 13.8 Å². The molecule has 19 heavy (non-hydrogen) atoms. The molecule has 0 spiro atoms. The minimum atomic E-state index is 0.109. The second-order valence-electron chi connectivity index (χ2n) is 5.36. The van der Waals surface area contributed by atoms with Crippen molar-refractivity contribution in [3.05, 3.63) is 0 Å². The third kappa shape index (κ3) is 2.65. The predicted octanol–water partition coefficient (Wildman–Crippen LogP) is 2.74. The van der Waals surface area contributed by atoms with Crippen molar-refractivity contribution < 1.29 is 9.47 Å². The van der Waals surface area contributed by atoms with Gasteiger partial charge in [0.25, 0.3) is 0 Å². The van der Waals surface area contributed by atoms with Crippen LogP contribution in [0.15, 0.2) is 0 Å². The first-order valence-corrected chi connectivity index (χ1v) is 7.54. The van der Waals surface area contributed by atoms with Gasteiger partial charge in [-0.25, -0.2) is 0 Å². The summed E-state index contributed by atoms with van der Waals surface area (Å²) in [6.07, 6.45) is 1.32. The van der Waals surface area contributed by atoms with Gasteiger partial charge in [-0.05, 0) is 31.8 Å². The summed E-state index contributed by atoms with van der Waals surface area (Å²) in [7, 11) is 0. The first kappa shape index (κ1) is 14.4. The van der Waals surface area contributed by atoms with Crippen LogP contribution in [0.5, 0.6) is 5.75 Å². The average Bonchev–Trinajstić information content (AvgIpc) is 2.71.